The summed E-state index contributed by atoms with van der Waals surface area (Å²) in [5, 5.41) is 0.708. The average Bonchev–Trinajstić information content (AvgIpc) is 3.16. The maximum absolute atomic E-state index is 13.6. The molecular weight excluding hydrogens is 391 g/mol. The fraction of sp³-hybridized carbons (Fsp3) is 0.318. The molecule has 1 saturated carbocycles. The molecule has 1 aliphatic carbocycles. The number of halogens is 3. The van der Waals surface area contributed by atoms with Crippen LogP contribution in [-0.4, -0.2) is 21.8 Å². The van der Waals surface area contributed by atoms with E-state index in [0.717, 1.165) is 31.2 Å². The molecule has 1 aliphatic heterocycles. The summed E-state index contributed by atoms with van der Waals surface area (Å²) in [6.07, 6.45) is -0.0815. The Bertz CT molecular complexity index is 1130. The molecule has 1 aromatic heterocycles. The van der Waals surface area contributed by atoms with E-state index in [9.17, 15) is 13.2 Å². The lowest BCUT2D eigenvalue weighted by molar-refractivity contribution is -0.137. The van der Waals surface area contributed by atoms with E-state index in [-0.39, 0.29) is 17.3 Å². The normalized spacial score (nSPS) is 22.8. The second kappa shape index (κ2) is 7.36. The maximum atomic E-state index is 13.6. The van der Waals surface area contributed by atoms with Gasteiger partial charge in [-0.05, 0) is 31.0 Å². The van der Waals surface area contributed by atoms with Crippen LogP contribution in [0.5, 0.6) is 0 Å². The molecule has 5 nitrogen and oxygen atoms in total. The van der Waals surface area contributed by atoms with Crippen LogP contribution in [0.25, 0.3) is 22.3 Å². The first-order chi connectivity index (χ1) is 14.5. The van der Waals surface area contributed by atoms with Crippen LogP contribution in [-0.2, 0) is 6.18 Å². The van der Waals surface area contributed by atoms with E-state index in [1.54, 1.807) is 18.2 Å². The fourth-order valence-electron chi connectivity index (χ4n) is 4.31. The number of fused-ring (bicyclic) bond motifs is 2. The Kier molecular flexibility index (Phi) is 4.66. The Morgan fingerprint density at radius 1 is 0.933 bits per heavy atom. The number of para-hydroxylation sites is 1. The molecule has 2 atom stereocenters. The minimum absolute atomic E-state index is 0.0205. The number of aliphatic imine (C=N–C) groups is 1. The number of rotatable bonds is 2. The van der Waals surface area contributed by atoms with Crippen molar-refractivity contribution in [1.29, 1.82) is 0 Å². The highest BCUT2D eigenvalue weighted by molar-refractivity contribution is 5.95. The number of hydrazine groups is 1. The van der Waals surface area contributed by atoms with Gasteiger partial charge in [0, 0.05) is 22.9 Å². The Hall–Kier alpha value is -3.00. The Labute approximate surface area is 171 Å². The average molecular weight is 411 g/mol. The monoisotopic (exact) mass is 411 g/mol. The van der Waals surface area contributed by atoms with Gasteiger partial charge >= 0.3 is 6.18 Å². The van der Waals surface area contributed by atoms with Crippen molar-refractivity contribution in [1.82, 2.24) is 20.8 Å². The maximum Gasteiger partial charge on any atom is 0.417 e. The highest BCUT2D eigenvalue weighted by Crippen LogP contribution is 2.37. The van der Waals surface area contributed by atoms with Gasteiger partial charge in [-0.15, -0.1) is 0 Å². The molecule has 0 radical (unpaired) electrons. The van der Waals surface area contributed by atoms with Gasteiger partial charge in [-0.25, -0.2) is 20.4 Å². The summed E-state index contributed by atoms with van der Waals surface area (Å²) >= 11 is 0. The molecule has 3 aromatic rings. The summed E-state index contributed by atoms with van der Waals surface area (Å²) in [4.78, 5) is 13.7. The Balaban J connectivity index is 1.66. The van der Waals surface area contributed by atoms with Crippen LogP contribution >= 0.6 is 0 Å². The minimum atomic E-state index is -4.50. The third-order valence-electron chi connectivity index (χ3n) is 5.79. The van der Waals surface area contributed by atoms with Crippen molar-refractivity contribution in [2.24, 2.45) is 10.9 Å². The van der Waals surface area contributed by atoms with E-state index in [4.69, 9.17) is 4.99 Å². The molecule has 5 rings (SSSR count). The van der Waals surface area contributed by atoms with Crippen molar-refractivity contribution in [2.45, 2.75) is 37.9 Å². The first kappa shape index (κ1) is 19.0. The fourth-order valence-corrected chi connectivity index (χ4v) is 4.31. The number of nitrogens with zero attached hydrogens (tertiary/aromatic N) is 3. The summed E-state index contributed by atoms with van der Waals surface area (Å²) in [6.45, 7) is 0. The van der Waals surface area contributed by atoms with Crippen molar-refractivity contribution in [3.05, 3.63) is 54.1 Å². The molecular formula is C22H20F3N5. The zero-order valence-electron chi connectivity index (χ0n) is 16.1. The summed E-state index contributed by atoms with van der Waals surface area (Å²) in [5.41, 5.74) is 6.20. The lowest BCUT2D eigenvalue weighted by atomic mass is 9.85. The largest absolute Gasteiger partial charge is 0.417 e. The van der Waals surface area contributed by atoms with Gasteiger partial charge in [-0.3, -0.25) is 0 Å². The summed E-state index contributed by atoms with van der Waals surface area (Å²) < 4.78 is 40.7. The molecule has 0 spiro atoms. The van der Waals surface area contributed by atoms with Gasteiger partial charge in [-0.2, -0.15) is 13.2 Å². The topological polar surface area (TPSA) is 62.2 Å². The molecule has 2 unspecified atom stereocenters. The highest BCUT2D eigenvalue weighted by atomic mass is 19.4. The van der Waals surface area contributed by atoms with Crippen LogP contribution in [0.2, 0.25) is 0 Å². The smallest absolute Gasteiger partial charge is 0.309 e. The first-order valence-electron chi connectivity index (χ1n) is 10.0. The first-order valence-corrected chi connectivity index (χ1v) is 10.0. The molecule has 0 bridgehead atoms. The zero-order chi connectivity index (χ0) is 20.7. The SMILES string of the molecule is FC(F)(F)c1ccccc1-c1nc(N=C2NNC3CCCCC23)c2ccccc2n1. The molecule has 1 saturated heterocycles. The molecule has 2 N–H and O–H groups in total. The molecule has 154 valence electrons. The van der Waals surface area contributed by atoms with E-state index >= 15 is 0 Å². The van der Waals surface area contributed by atoms with Crippen LogP contribution in [0.4, 0.5) is 19.0 Å². The number of hydrogen-bond acceptors (Lipinski definition) is 4. The number of benzene rings is 2. The van der Waals surface area contributed by atoms with Gasteiger partial charge in [0.15, 0.2) is 11.6 Å². The standard InChI is InChI=1S/C22H20F3N5/c23-22(24,25)16-10-4-1-7-13(16)19-26-17-11-5-2-8-14(17)20(27-19)28-21-15-9-3-6-12-18(15)29-30-21/h1-2,4-5,7-8,10-11,15,18,29H,3,6,9,12H2,(H,26,27,28,30). The predicted octanol–water partition coefficient (Wildman–Crippen LogP) is 5.01. The van der Waals surface area contributed by atoms with Crippen LogP contribution < -0.4 is 10.9 Å². The third kappa shape index (κ3) is 3.41. The Morgan fingerprint density at radius 3 is 2.57 bits per heavy atom. The molecule has 30 heavy (non-hydrogen) atoms. The van der Waals surface area contributed by atoms with Crippen molar-refractivity contribution in [3.8, 4) is 11.4 Å². The second-order valence-corrected chi connectivity index (χ2v) is 7.70. The van der Waals surface area contributed by atoms with E-state index < -0.39 is 11.7 Å². The van der Waals surface area contributed by atoms with Crippen molar-refractivity contribution >= 4 is 22.6 Å². The molecule has 8 heteroatoms. The molecule has 2 aliphatic rings. The molecule has 0 amide bonds. The van der Waals surface area contributed by atoms with Crippen LogP contribution in [0.1, 0.15) is 31.2 Å². The van der Waals surface area contributed by atoms with Crippen LogP contribution in [0.3, 0.4) is 0 Å². The van der Waals surface area contributed by atoms with Crippen molar-refractivity contribution in [3.63, 3.8) is 0 Å². The van der Waals surface area contributed by atoms with E-state index in [0.29, 0.717) is 22.8 Å². The predicted molar refractivity (Wildman–Crippen MR) is 109 cm³/mol. The number of alkyl halides is 3. The lowest BCUT2D eigenvalue weighted by Crippen LogP contribution is -2.33. The number of aromatic nitrogens is 2. The zero-order valence-corrected chi connectivity index (χ0v) is 16.1. The van der Waals surface area contributed by atoms with Gasteiger partial charge in [-0.1, -0.05) is 43.2 Å². The van der Waals surface area contributed by atoms with Gasteiger partial charge in [0.2, 0.25) is 0 Å². The third-order valence-corrected chi connectivity index (χ3v) is 5.79. The quantitative estimate of drug-likeness (QED) is 0.622. The van der Waals surface area contributed by atoms with E-state index in [1.165, 1.54) is 18.6 Å². The summed E-state index contributed by atoms with van der Waals surface area (Å²) in [7, 11) is 0. The number of amidine groups is 1. The Morgan fingerprint density at radius 2 is 1.70 bits per heavy atom. The van der Waals surface area contributed by atoms with E-state index in [2.05, 4.69) is 20.8 Å². The number of hydrogen-bond donors (Lipinski definition) is 2. The van der Waals surface area contributed by atoms with Gasteiger partial charge in [0.05, 0.1) is 11.1 Å². The van der Waals surface area contributed by atoms with Gasteiger partial charge in [0.1, 0.15) is 5.84 Å². The molecule has 2 heterocycles. The lowest BCUT2D eigenvalue weighted by Gasteiger charge is -2.22. The second-order valence-electron chi connectivity index (χ2n) is 7.70. The summed E-state index contributed by atoms with van der Waals surface area (Å²) in [5.74, 6) is 1.45. The summed E-state index contributed by atoms with van der Waals surface area (Å²) in [6, 6.07) is 13.0. The van der Waals surface area contributed by atoms with Gasteiger partial charge < -0.3 is 5.43 Å². The van der Waals surface area contributed by atoms with Crippen LogP contribution in [0, 0.1) is 5.92 Å². The van der Waals surface area contributed by atoms with Gasteiger partial charge in [0.25, 0.3) is 0 Å². The van der Waals surface area contributed by atoms with Crippen molar-refractivity contribution < 1.29 is 13.2 Å². The number of nitrogens with one attached hydrogen (secondary N) is 2. The van der Waals surface area contributed by atoms with Crippen molar-refractivity contribution in [2.75, 3.05) is 0 Å². The highest BCUT2D eigenvalue weighted by Gasteiger charge is 2.36. The minimum Gasteiger partial charge on any atom is -0.309 e. The van der Waals surface area contributed by atoms with Crippen LogP contribution in [0.15, 0.2) is 53.5 Å². The molecule has 2 aromatic carbocycles. The molecule has 2 fully saturated rings. The van der Waals surface area contributed by atoms with E-state index in [1.807, 2.05) is 12.1 Å².